The number of likely N-dealkylation sites (N-methyl/N-ethyl adjacent to an activating group) is 1. The number of carbonyl (C=O) groups is 3. The van der Waals surface area contributed by atoms with E-state index in [-0.39, 0.29) is 12.2 Å². The van der Waals surface area contributed by atoms with Gasteiger partial charge in [-0.25, -0.2) is 4.79 Å². The number of carbonyl (C=O) groups excluding carboxylic acids is 2. The molecular weight excluding hydrogens is 324 g/mol. The highest BCUT2D eigenvalue weighted by atomic mass is 16.4. The first-order chi connectivity index (χ1) is 11.9. The van der Waals surface area contributed by atoms with Gasteiger partial charge in [0, 0.05) is 13.5 Å². The first-order valence-corrected chi connectivity index (χ1v) is 7.78. The number of hydrogen-bond acceptors (Lipinski definition) is 4. The summed E-state index contributed by atoms with van der Waals surface area (Å²) in [4.78, 5) is 37.2. The molecule has 25 heavy (non-hydrogen) atoms. The van der Waals surface area contributed by atoms with Crippen LogP contribution in [-0.2, 0) is 16.0 Å². The summed E-state index contributed by atoms with van der Waals surface area (Å²) < 4.78 is 5.04. The number of furan rings is 1. The molecule has 0 saturated carbocycles. The first-order valence-electron chi connectivity index (χ1n) is 7.78. The summed E-state index contributed by atoms with van der Waals surface area (Å²) in [7, 11) is 1.40. The van der Waals surface area contributed by atoms with Crippen LogP contribution in [0.4, 0.5) is 0 Å². The second-order valence-corrected chi connectivity index (χ2v) is 5.66. The molecule has 0 radical (unpaired) electrons. The van der Waals surface area contributed by atoms with E-state index in [1.54, 1.807) is 6.07 Å². The average molecular weight is 344 g/mol. The Morgan fingerprint density at radius 3 is 2.40 bits per heavy atom. The first kappa shape index (κ1) is 18.3. The zero-order chi connectivity index (χ0) is 18.4. The van der Waals surface area contributed by atoms with Gasteiger partial charge in [-0.3, -0.25) is 9.59 Å². The average Bonchev–Trinajstić information content (AvgIpc) is 3.14. The highest BCUT2D eigenvalue weighted by Gasteiger charge is 2.30. The van der Waals surface area contributed by atoms with Crippen LogP contribution in [0.25, 0.3) is 0 Å². The van der Waals surface area contributed by atoms with E-state index >= 15 is 0 Å². The summed E-state index contributed by atoms with van der Waals surface area (Å²) in [6, 6.07) is 10.3. The lowest BCUT2D eigenvalue weighted by Crippen LogP contribution is -2.52. The van der Waals surface area contributed by atoms with Crippen LogP contribution in [-0.4, -0.2) is 46.9 Å². The summed E-state index contributed by atoms with van der Waals surface area (Å²) in [5.41, 5.74) is 0.844. The van der Waals surface area contributed by atoms with Gasteiger partial charge in [0.15, 0.2) is 5.76 Å². The van der Waals surface area contributed by atoms with Gasteiger partial charge in [0.1, 0.15) is 12.1 Å². The molecule has 132 valence electrons. The van der Waals surface area contributed by atoms with E-state index < -0.39 is 29.9 Å². The highest BCUT2D eigenvalue weighted by Crippen LogP contribution is 2.09. The Kier molecular flexibility index (Phi) is 5.94. The molecule has 0 fully saturated rings. The summed E-state index contributed by atoms with van der Waals surface area (Å²) in [5.74, 6) is -2.05. The van der Waals surface area contributed by atoms with Crippen LogP contribution in [0.15, 0.2) is 53.1 Å². The van der Waals surface area contributed by atoms with E-state index in [9.17, 15) is 14.4 Å². The molecule has 0 aliphatic rings. The Hall–Kier alpha value is -3.09. The number of nitrogens with zero attached hydrogens (tertiary/aromatic N) is 1. The normalized spacial score (nSPS) is 12.9. The van der Waals surface area contributed by atoms with E-state index in [1.807, 2.05) is 30.3 Å². The van der Waals surface area contributed by atoms with Crippen molar-refractivity contribution in [3.05, 3.63) is 60.1 Å². The van der Waals surface area contributed by atoms with E-state index in [2.05, 4.69) is 5.32 Å². The van der Waals surface area contributed by atoms with Crippen LogP contribution < -0.4 is 5.32 Å². The van der Waals surface area contributed by atoms with Crippen molar-refractivity contribution < 1.29 is 23.9 Å². The van der Waals surface area contributed by atoms with E-state index in [0.29, 0.717) is 0 Å². The van der Waals surface area contributed by atoms with Gasteiger partial charge < -0.3 is 19.7 Å². The maximum Gasteiger partial charge on any atom is 0.326 e. The number of carboxylic acid groups (broad SMARTS) is 1. The topological polar surface area (TPSA) is 99.9 Å². The number of aliphatic carboxylic acids is 1. The number of hydrogen-bond donors (Lipinski definition) is 2. The minimum atomic E-state index is -1.12. The van der Waals surface area contributed by atoms with Crippen molar-refractivity contribution in [3.8, 4) is 0 Å². The molecule has 2 unspecified atom stereocenters. The van der Waals surface area contributed by atoms with Crippen molar-refractivity contribution in [3.63, 3.8) is 0 Å². The number of nitrogens with one attached hydrogen (secondary N) is 1. The Bertz CT molecular complexity index is 727. The van der Waals surface area contributed by atoms with Gasteiger partial charge in [0.25, 0.3) is 5.91 Å². The van der Waals surface area contributed by atoms with Gasteiger partial charge >= 0.3 is 5.97 Å². The summed E-state index contributed by atoms with van der Waals surface area (Å²) in [6.07, 6.45) is 1.60. The quantitative estimate of drug-likeness (QED) is 0.794. The molecule has 2 aromatic rings. The zero-order valence-corrected chi connectivity index (χ0v) is 14.0. The molecule has 1 heterocycles. The third-order valence-electron chi connectivity index (χ3n) is 3.92. The molecule has 7 nitrogen and oxygen atoms in total. The third kappa shape index (κ3) is 4.69. The molecule has 7 heteroatoms. The second kappa shape index (κ2) is 8.14. The Labute approximate surface area is 145 Å². The van der Waals surface area contributed by atoms with Crippen molar-refractivity contribution in [1.29, 1.82) is 0 Å². The lowest BCUT2D eigenvalue weighted by Gasteiger charge is -2.27. The fourth-order valence-electron chi connectivity index (χ4n) is 2.29. The smallest absolute Gasteiger partial charge is 0.326 e. The number of amides is 2. The SMILES string of the molecule is CC(C(=O)O)N(C)C(=O)C(Cc1ccccc1)NC(=O)c1ccco1. The van der Waals surface area contributed by atoms with Crippen molar-refractivity contribution in [2.24, 2.45) is 0 Å². The largest absolute Gasteiger partial charge is 0.480 e. The molecule has 1 aromatic heterocycles. The Morgan fingerprint density at radius 1 is 1.16 bits per heavy atom. The standard InChI is InChI=1S/C18H20N2O5/c1-12(18(23)24)20(2)17(22)14(11-13-7-4-3-5-8-13)19-16(21)15-9-6-10-25-15/h3-10,12,14H,11H2,1-2H3,(H,19,21)(H,23,24). The molecule has 2 amide bonds. The molecule has 1 aromatic carbocycles. The molecule has 0 bridgehead atoms. The Morgan fingerprint density at radius 2 is 1.84 bits per heavy atom. The minimum Gasteiger partial charge on any atom is -0.480 e. The summed E-state index contributed by atoms with van der Waals surface area (Å²) in [5, 5.41) is 11.7. The maximum absolute atomic E-state index is 12.7. The summed E-state index contributed by atoms with van der Waals surface area (Å²) >= 11 is 0. The molecular formula is C18H20N2O5. The maximum atomic E-state index is 12.7. The predicted molar refractivity (Wildman–Crippen MR) is 90.0 cm³/mol. The fourth-order valence-corrected chi connectivity index (χ4v) is 2.29. The van der Waals surface area contributed by atoms with Crippen LogP contribution in [0.3, 0.4) is 0 Å². The molecule has 0 aliphatic carbocycles. The van der Waals surface area contributed by atoms with Crippen molar-refractivity contribution in [1.82, 2.24) is 10.2 Å². The molecule has 0 spiro atoms. The van der Waals surface area contributed by atoms with Gasteiger partial charge in [0.05, 0.1) is 6.26 Å². The molecule has 0 saturated heterocycles. The number of carboxylic acids is 1. The van der Waals surface area contributed by atoms with E-state index in [4.69, 9.17) is 9.52 Å². The van der Waals surface area contributed by atoms with Crippen LogP contribution in [0.2, 0.25) is 0 Å². The molecule has 2 rings (SSSR count). The van der Waals surface area contributed by atoms with Crippen LogP contribution in [0, 0.1) is 0 Å². The lowest BCUT2D eigenvalue weighted by molar-refractivity contribution is -0.148. The van der Waals surface area contributed by atoms with Crippen molar-refractivity contribution in [2.75, 3.05) is 7.05 Å². The molecule has 2 N–H and O–H groups in total. The third-order valence-corrected chi connectivity index (χ3v) is 3.92. The summed E-state index contributed by atoms with van der Waals surface area (Å²) in [6.45, 7) is 1.41. The van der Waals surface area contributed by atoms with Crippen molar-refractivity contribution >= 4 is 17.8 Å². The van der Waals surface area contributed by atoms with Gasteiger partial charge in [-0.05, 0) is 24.6 Å². The molecule has 0 aliphatic heterocycles. The van der Waals surface area contributed by atoms with Gasteiger partial charge in [-0.1, -0.05) is 30.3 Å². The van der Waals surface area contributed by atoms with Crippen LogP contribution in [0.1, 0.15) is 23.0 Å². The lowest BCUT2D eigenvalue weighted by atomic mass is 10.0. The zero-order valence-electron chi connectivity index (χ0n) is 14.0. The number of benzene rings is 1. The molecule has 2 atom stereocenters. The van der Waals surface area contributed by atoms with Crippen LogP contribution in [0.5, 0.6) is 0 Å². The van der Waals surface area contributed by atoms with E-state index in [0.717, 1.165) is 10.5 Å². The fraction of sp³-hybridized carbons (Fsp3) is 0.278. The predicted octanol–water partition coefficient (Wildman–Crippen LogP) is 1.55. The monoisotopic (exact) mass is 344 g/mol. The van der Waals surface area contributed by atoms with Crippen LogP contribution >= 0.6 is 0 Å². The minimum absolute atomic E-state index is 0.0831. The van der Waals surface area contributed by atoms with Gasteiger partial charge in [-0.2, -0.15) is 0 Å². The van der Waals surface area contributed by atoms with Gasteiger partial charge in [-0.15, -0.1) is 0 Å². The Balaban J connectivity index is 2.20. The number of rotatable bonds is 7. The van der Waals surface area contributed by atoms with Crippen molar-refractivity contribution in [2.45, 2.75) is 25.4 Å². The highest BCUT2D eigenvalue weighted by molar-refractivity contribution is 5.96. The second-order valence-electron chi connectivity index (χ2n) is 5.66. The van der Waals surface area contributed by atoms with Gasteiger partial charge in [0.2, 0.25) is 5.91 Å². The van der Waals surface area contributed by atoms with E-state index in [1.165, 1.54) is 26.3 Å².